The summed E-state index contributed by atoms with van der Waals surface area (Å²) in [5.41, 5.74) is 8.31. The molecule has 2 heterocycles. The van der Waals surface area contributed by atoms with Crippen LogP contribution in [0.3, 0.4) is 0 Å². The summed E-state index contributed by atoms with van der Waals surface area (Å²) in [6.07, 6.45) is 26.7. The lowest BCUT2D eigenvalue weighted by atomic mass is 9.92. The third-order valence-corrected chi connectivity index (χ3v) is 6.14. The van der Waals surface area contributed by atoms with Gasteiger partial charge in [0, 0.05) is 29.8 Å². The van der Waals surface area contributed by atoms with Crippen molar-refractivity contribution < 1.29 is 0 Å². The van der Waals surface area contributed by atoms with Gasteiger partial charge in [0.15, 0.2) is 0 Å². The Morgan fingerprint density at radius 2 is 1.19 bits per heavy atom. The summed E-state index contributed by atoms with van der Waals surface area (Å²) in [6.45, 7) is 31.7. The summed E-state index contributed by atoms with van der Waals surface area (Å²) in [5, 5.41) is 3.22. The minimum atomic E-state index is 0.155. The predicted molar refractivity (Wildman–Crippen MR) is 160 cm³/mol. The highest BCUT2D eigenvalue weighted by Gasteiger charge is 2.10. The Balaban J connectivity index is 2.65. The second kappa shape index (κ2) is 13.2. The standard InChI is InChI=1S/C34H40N2/c1-24-15-16-26(3)28(5)23-34(20-18-31(8)36(10)32(9)21-24)33-19-17-30(7)35-29(6)14-12-11-13-25(2)27(4)22-33/h11-23,25-26,35H,4-9H2,1-3,10H3/b13-11-,14-12-,16-15-,19-17-,20-18-,24-21-,33-22+,34-23-. The molecule has 2 rings (SSSR count). The van der Waals surface area contributed by atoms with Gasteiger partial charge in [0.1, 0.15) is 0 Å². The Hall–Kier alpha value is -4.04. The van der Waals surface area contributed by atoms with Gasteiger partial charge in [0.2, 0.25) is 0 Å². The van der Waals surface area contributed by atoms with E-state index in [9.17, 15) is 0 Å². The molecule has 2 nitrogen and oxygen atoms in total. The highest BCUT2D eigenvalue weighted by molar-refractivity contribution is 5.54. The van der Waals surface area contributed by atoms with E-state index in [1.807, 2.05) is 48.4 Å². The molecule has 0 amide bonds. The zero-order valence-electron chi connectivity index (χ0n) is 22.4. The van der Waals surface area contributed by atoms with Gasteiger partial charge in [-0.3, -0.25) is 0 Å². The number of rotatable bonds is 1. The first-order chi connectivity index (χ1) is 17.0. The molecule has 2 heteroatoms. The lowest BCUT2D eigenvalue weighted by Crippen LogP contribution is -2.13. The summed E-state index contributed by atoms with van der Waals surface area (Å²) >= 11 is 0. The van der Waals surface area contributed by atoms with E-state index >= 15 is 0 Å². The second-order valence-corrected chi connectivity index (χ2v) is 9.30. The minimum absolute atomic E-state index is 0.155. The smallest absolute Gasteiger partial charge is 0.0337 e. The molecule has 0 aromatic heterocycles. The van der Waals surface area contributed by atoms with E-state index in [0.29, 0.717) is 0 Å². The molecule has 0 aromatic rings. The maximum Gasteiger partial charge on any atom is 0.0337 e. The largest absolute Gasteiger partial charge is 0.356 e. The molecule has 36 heavy (non-hydrogen) atoms. The van der Waals surface area contributed by atoms with Gasteiger partial charge >= 0.3 is 0 Å². The van der Waals surface area contributed by atoms with Gasteiger partial charge in [-0.1, -0.05) is 108 Å². The van der Waals surface area contributed by atoms with Crippen LogP contribution in [0.4, 0.5) is 0 Å². The van der Waals surface area contributed by atoms with Crippen LogP contribution in [0.2, 0.25) is 0 Å². The normalized spacial score (nSPS) is 31.7. The zero-order valence-corrected chi connectivity index (χ0v) is 22.4. The molecule has 2 aliphatic rings. The summed E-state index contributed by atoms with van der Waals surface area (Å²) < 4.78 is 0. The molecule has 0 bridgehead atoms. The molecule has 0 aliphatic carbocycles. The lowest BCUT2D eigenvalue weighted by Gasteiger charge is -2.20. The van der Waals surface area contributed by atoms with Crippen molar-refractivity contribution in [2.24, 2.45) is 11.8 Å². The van der Waals surface area contributed by atoms with Crippen LogP contribution in [-0.4, -0.2) is 11.9 Å². The average Bonchev–Trinajstić information content (AvgIpc) is 2.84. The number of hydrogen-bond donors (Lipinski definition) is 1. The molecular formula is C34H40N2. The van der Waals surface area contributed by atoms with Crippen molar-refractivity contribution in [3.8, 4) is 0 Å². The van der Waals surface area contributed by atoms with Crippen LogP contribution in [0, 0.1) is 11.8 Å². The SMILES string of the molecule is C=C1/C=C\C=C/C(C)C(=C)/C=C(C2=C\C(=C)C(C)/C=C\C(C)=C/C(=C)N(C)C(=C)/C=C\2)\C=C/C(=C)N1. The van der Waals surface area contributed by atoms with Gasteiger partial charge in [-0.15, -0.1) is 0 Å². The fourth-order valence-electron chi connectivity index (χ4n) is 3.43. The van der Waals surface area contributed by atoms with Crippen LogP contribution in [0.5, 0.6) is 0 Å². The van der Waals surface area contributed by atoms with E-state index in [1.165, 1.54) is 0 Å². The van der Waals surface area contributed by atoms with E-state index in [0.717, 1.165) is 50.7 Å². The van der Waals surface area contributed by atoms with E-state index in [1.54, 1.807) is 0 Å². The molecule has 2 atom stereocenters. The van der Waals surface area contributed by atoms with E-state index in [-0.39, 0.29) is 11.8 Å². The molecule has 0 radical (unpaired) electrons. The molecule has 2 unspecified atom stereocenters. The van der Waals surface area contributed by atoms with Crippen molar-refractivity contribution in [1.82, 2.24) is 10.2 Å². The van der Waals surface area contributed by atoms with Crippen LogP contribution in [0.25, 0.3) is 0 Å². The van der Waals surface area contributed by atoms with Crippen molar-refractivity contribution in [2.75, 3.05) is 7.05 Å². The van der Waals surface area contributed by atoms with Crippen LogP contribution in [-0.2, 0) is 0 Å². The van der Waals surface area contributed by atoms with Crippen LogP contribution < -0.4 is 5.32 Å². The molecule has 0 saturated heterocycles. The van der Waals surface area contributed by atoms with Gasteiger partial charge in [0.25, 0.3) is 0 Å². The van der Waals surface area contributed by atoms with Crippen LogP contribution >= 0.6 is 0 Å². The first-order valence-corrected chi connectivity index (χ1v) is 12.1. The monoisotopic (exact) mass is 476 g/mol. The first kappa shape index (κ1) is 28.2. The molecule has 0 aromatic carbocycles. The Labute approximate surface area is 218 Å². The zero-order chi connectivity index (χ0) is 26.8. The number of likely N-dealkylation sites (N-methyl/N-ethyl adjacent to an activating group) is 1. The maximum atomic E-state index is 4.37. The van der Waals surface area contributed by atoms with Crippen molar-refractivity contribution in [1.29, 1.82) is 0 Å². The Morgan fingerprint density at radius 1 is 0.639 bits per heavy atom. The number of nitrogens with zero attached hydrogens (tertiary/aromatic N) is 1. The van der Waals surface area contributed by atoms with Gasteiger partial charge in [-0.25, -0.2) is 0 Å². The highest BCUT2D eigenvalue weighted by atomic mass is 15.1. The maximum absolute atomic E-state index is 4.37. The quantitative estimate of drug-likeness (QED) is 0.408. The van der Waals surface area contributed by atoms with Crippen LogP contribution in [0.15, 0.2) is 169 Å². The third-order valence-electron chi connectivity index (χ3n) is 6.14. The number of hydrogen-bond acceptors (Lipinski definition) is 2. The number of allylic oxidation sites excluding steroid dienone is 18. The molecule has 0 saturated carbocycles. The minimum Gasteiger partial charge on any atom is -0.356 e. The Kier molecular flexibility index (Phi) is 10.3. The van der Waals surface area contributed by atoms with E-state index in [4.69, 9.17) is 0 Å². The van der Waals surface area contributed by atoms with Crippen molar-refractivity contribution >= 4 is 0 Å². The Bertz CT molecular complexity index is 1200. The second-order valence-electron chi connectivity index (χ2n) is 9.30. The molecule has 0 fully saturated rings. The molecule has 0 spiro atoms. The highest BCUT2D eigenvalue weighted by Crippen LogP contribution is 2.26. The van der Waals surface area contributed by atoms with Crippen molar-refractivity contribution in [3.05, 3.63) is 169 Å². The predicted octanol–water partition coefficient (Wildman–Crippen LogP) is 8.55. The van der Waals surface area contributed by atoms with Gasteiger partial charge in [-0.05, 0) is 70.9 Å². The van der Waals surface area contributed by atoms with Crippen LogP contribution in [0.1, 0.15) is 20.8 Å². The molecular weight excluding hydrogens is 436 g/mol. The lowest BCUT2D eigenvalue weighted by molar-refractivity contribution is 0.558. The Morgan fingerprint density at radius 3 is 1.83 bits per heavy atom. The molecule has 2 aliphatic heterocycles. The number of nitrogens with one attached hydrogen (secondary N) is 1. The topological polar surface area (TPSA) is 15.3 Å². The first-order valence-electron chi connectivity index (χ1n) is 12.1. The van der Waals surface area contributed by atoms with Crippen molar-refractivity contribution in [3.63, 3.8) is 0 Å². The fraction of sp³-hybridized carbons (Fsp3) is 0.176. The average molecular weight is 477 g/mol. The third kappa shape index (κ3) is 8.63. The van der Waals surface area contributed by atoms with Gasteiger partial charge < -0.3 is 10.2 Å². The summed E-state index contributed by atoms with van der Waals surface area (Å²) in [5.74, 6) is 0.313. The molecule has 186 valence electrons. The van der Waals surface area contributed by atoms with Gasteiger partial charge in [-0.2, -0.15) is 0 Å². The van der Waals surface area contributed by atoms with Gasteiger partial charge in [0.05, 0.1) is 0 Å². The van der Waals surface area contributed by atoms with E-state index < -0.39 is 0 Å². The molecule has 1 N–H and O–H groups in total. The summed E-state index contributed by atoms with van der Waals surface area (Å²) in [4.78, 5) is 1.98. The summed E-state index contributed by atoms with van der Waals surface area (Å²) in [7, 11) is 1.97. The fourth-order valence-corrected chi connectivity index (χ4v) is 3.43. The summed E-state index contributed by atoms with van der Waals surface area (Å²) in [6, 6.07) is 0. The van der Waals surface area contributed by atoms with Crippen molar-refractivity contribution in [2.45, 2.75) is 20.8 Å². The van der Waals surface area contributed by atoms with E-state index in [2.05, 4.69) is 108 Å².